The largest absolute Gasteiger partial charge is 0.493 e. The Bertz CT molecular complexity index is 1510. The van der Waals surface area contributed by atoms with Crippen LogP contribution in [0.15, 0.2) is 97.1 Å². The number of carbonyl (C=O) groups is 1. The van der Waals surface area contributed by atoms with Crippen LogP contribution in [0.5, 0.6) is 23.0 Å². The normalized spacial score (nSPS) is 10.9. The molecule has 0 aliphatic heterocycles. The third-order valence-electron chi connectivity index (χ3n) is 5.69. The van der Waals surface area contributed by atoms with Crippen LogP contribution in [0, 0.1) is 0 Å². The highest BCUT2D eigenvalue weighted by molar-refractivity contribution is 7.92. The highest BCUT2D eigenvalue weighted by atomic mass is 32.2. The molecule has 0 aromatic heterocycles. The molecule has 0 spiro atoms. The Morgan fingerprint density at radius 1 is 0.789 bits per heavy atom. The van der Waals surface area contributed by atoms with Crippen molar-refractivity contribution in [2.24, 2.45) is 0 Å². The Hall–Kier alpha value is -4.50. The molecule has 8 nitrogen and oxygen atoms in total. The first-order chi connectivity index (χ1) is 18.3. The molecule has 196 valence electrons. The number of hydrogen-bond donors (Lipinski definition) is 1. The van der Waals surface area contributed by atoms with E-state index in [1.54, 1.807) is 36.4 Å². The Kier molecular flexibility index (Phi) is 8.18. The van der Waals surface area contributed by atoms with Crippen LogP contribution in [0.2, 0.25) is 0 Å². The fraction of sp³-hybridized carbons (Fsp3) is 0.138. The maximum absolute atomic E-state index is 13.7. The van der Waals surface area contributed by atoms with Gasteiger partial charge in [0.2, 0.25) is 10.0 Å². The van der Waals surface area contributed by atoms with Crippen molar-refractivity contribution in [1.29, 1.82) is 0 Å². The molecule has 0 saturated carbocycles. The third-order valence-corrected chi connectivity index (χ3v) is 6.82. The molecular formula is C29H28N2O6S. The lowest BCUT2D eigenvalue weighted by molar-refractivity contribution is 0.102. The summed E-state index contributed by atoms with van der Waals surface area (Å²) >= 11 is 0. The number of ether oxygens (including phenoxy) is 3. The van der Waals surface area contributed by atoms with Gasteiger partial charge in [-0.25, -0.2) is 8.42 Å². The minimum atomic E-state index is -3.81. The van der Waals surface area contributed by atoms with Crippen LogP contribution >= 0.6 is 0 Å². The van der Waals surface area contributed by atoms with E-state index in [4.69, 9.17) is 14.2 Å². The van der Waals surface area contributed by atoms with Gasteiger partial charge in [-0.2, -0.15) is 0 Å². The summed E-state index contributed by atoms with van der Waals surface area (Å²) in [6.07, 6.45) is 1.09. The zero-order valence-corrected chi connectivity index (χ0v) is 22.1. The molecule has 0 aliphatic carbocycles. The Morgan fingerprint density at radius 3 is 2.00 bits per heavy atom. The highest BCUT2D eigenvalue weighted by Gasteiger charge is 2.27. The number of nitrogens with one attached hydrogen (secondary N) is 1. The van der Waals surface area contributed by atoms with E-state index in [0.717, 1.165) is 11.8 Å². The number of amides is 1. The van der Waals surface area contributed by atoms with Crippen LogP contribution in [0.4, 0.5) is 11.4 Å². The van der Waals surface area contributed by atoms with E-state index < -0.39 is 15.9 Å². The molecule has 0 fully saturated rings. The van der Waals surface area contributed by atoms with Crippen molar-refractivity contribution in [1.82, 2.24) is 0 Å². The summed E-state index contributed by atoms with van der Waals surface area (Å²) in [4.78, 5) is 13.7. The summed E-state index contributed by atoms with van der Waals surface area (Å²) in [5, 5.41) is 2.86. The number of methoxy groups -OCH3 is 2. The van der Waals surface area contributed by atoms with E-state index >= 15 is 0 Å². The molecule has 0 aliphatic rings. The first-order valence-electron chi connectivity index (χ1n) is 11.7. The number of anilines is 2. The van der Waals surface area contributed by atoms with Crippen LogP contribution in [0.1, 0.15) is 15.9 Å². The van der Waals surface area contributed by atoms with E-state index in [2.05, 4.69) is 5.32 Å². The van der Waals surface area contributed by atoms with E-state index in [9.17, 15) is 13.2 Å². The van der Waals surface area contributed by atoms with Crippen molar-refractivity contribution < 1.29 is 27.4 Å². The molecule has 0 bridgehead atoms. The second kappa shape index (κ2) is 11.7. The van der Waals surface area contributed by atoms with Crippen molar-refractivity contribution >= 4 is 27.3 Å². The molecule has 4 rings (SSSR count). The fourth-order valence-electron chi connectivity index (χ4n) is 3.85. The second-order valence-electron chi connectivity index (χ2n) is 8.34. The van der Waals surface area contributed by atoms with Gasteiger partial charge in [-0.1, -0.05) is 60.7 Å². The summed E-state index contributed by atoms with van der Waals surface area (Å²) in [6, 6.07) is 28.2. The van der Waals surface area contributed by atoms with Crippen molar-refractivity contribution in [2.75, 3.05) is 30.1 Å². The molecule has 0 atom stereocenters. The van der Waals surface area contributed by atoms with E-state index in [-0.39, 0.29) is 29.3 Å². The van der Waals surface area contributed by atoms with E-state index in [0.29, 0.717) is 17.2 Å². The van der Waals surface area contributed by atoms with Crippen LogP contribution in [0.25, 0.3) is 0 Å². The van der Waals surface area contributed by atoms with Crippen LogP contribution in [0.3, 0.4) is 0 Å². The zero-order valence-electron chi connectivity index (χ0n) is 21.2. The van der Waals surface area contributed by atoms with Crippen molar-refractivity contribution in [3.63, 3.8) is 0 Å². The average molecular weight is 533 g/mol. The summed E-state index contributed by atoms with van der Waals surface area (Å²) in [7, 11) is -0.916. The Morgan fingerprint density at radius 2 is 1.37 bits per heavy atom. The number of para-hydroxylation sites is 3. The average Bonchev–Trinajstić information content (AvgIpc) is 2.92. The van der Waals surface area contributed by atoms with Gasteiger partial charge in [0.05, 0.1) is 44.0 Å². The monoisotopic (exact) mass is 532 g/mol. The number of carbonyl (C=O) groups excluding carboxylic acids is 1. The third kappa shape index (κ3) is 6.24. The van der Waals surface area contributed by atoms with Crippen LogP contribution < -0.4 is 23.8 Å². The van der Waals surface area contributed by atoms with Gasteiger partial charge in [0.1, 0.15) is 5.75 Å². The lowest BCUT2D eigenvalue weighted by atomic mass is 10.1. The predicted molar refractivity (Wildman–Crippen MR) is 148 cm³/mol. The lowest BCUT2D eigenvalue weighted by Gasteiger charge is -2.26. The molecule has 4 aromatic rings. The maximum atomic E-state index is 13.7. The van der Waals surface area contributed by atoms with Crippen molar-refractivity contribution in [2.45, 2.75) is 6.54 Å². The fourth-order valence-corrected chi connectivity index (χ4v) is 4.74. The van der Waals surface area contributed by atoms with Gasteiger partial charge in [0.15, 0.2) is 17.2 Å². The van der Waals surface area contributed by atoms with Crippen LogP contribution in [-0.2, 0) is 16.6 Å². The van der Waals surface area contributed by atoms with Gasteiger partial charge in [-0.15, -0.1) is 0 Å². The molecule has 1 N–H and O–H groups in total. The summed E-state index contributed by atoms with van der Waals surface area (Å²) in [5.41, 5.74) is 1.39. The zero-order chi connectivity index (χ0) is 27.1. The first-order valence-corrected chi connectivity index (χ1v) is 13.6. The van der Waals surface area contributed by atoms with Gasteiger partial charge < -0.3 is 19.5 Å². The number of rotatable bonds is 10. The summed E-state index contributed by atoms with van der Waals surface area (Å²) in [6.45, 7) is 0.0170. The first kappa shape index (κ1) is 26.6. The molecule has 0 radical (unpaired) electrons. The standard InChI is InChI=1S/C29H28N2O6S/c1-35-27-18-23(29(32)30-24-16-10-11-17-26(24)37-22-14-8-5-9-15-22)25(19-28(27)36-2)31(38(3,33)34)20-21-12-6-4-7-13-21/h4-19H,20H2,1-3H3,(H,30,32). The minimum Gasteiger partial charge on any atom is -0.493 e. The lowest BCUT2D eigenvalue weighted by Crippen LogP contribution is -2.31. The number of hydrogen-bond acceptors (Lipinski definition) is 6. The Labute approximate surface area is 222 Å². The SMILES string of the molecule is COc1cc(C(=O)Nc2ccccc2Oc2ccccc2)c(N(Cc2ccccc2)S(C)(=O)=O)cc1OC. The number of sulfonamides is 1. The molecule has 9 heteroatoms. The van der Waals surface area contributed by atoms with Gasteiger partial charge >= 0.3 is 0 Å². The molecule has 38 heavy (non-hydrogen) atoms. The second-order valence-corrected chi connectivity index (χ2v) is 10.3. The van der Waals surface area contributed by atoms with Crippen molar-refractivity contribution in [3.05, 3.63) is 108 Å². The molecule has 4 aromatic carbocycles. The smallest absolute Gasteiger partial charge is 0.258 e. The molecule has 0 heterocycles. The predicted octanol–water partition coefficient (Wildman–Crippen LogP) is 5.71. The maximum Gasteiger partial charge on any atom is 0.258 e. The quantitative estimate of drug-likeness (QED) is 0.281. The van der Waals surface area contributed by atoms with Gasteiger partial charge in [0.25, 0.3) is 5.91 Å². The molecule has 0 saturated heterocycles. The summed E-state index contributed by atoms with van der Waals surface area (Å²) < 4.78 is 44.0. The minimum absolute atomic E-state index is 0.0170. The van der Waals surface area contributed by atoms with Gasteiger partial charge in [0, 0.05) is 6.07 Å². The number of benzene rings is 4. The number of nitrogens with zero attached hydrogens (tertiary/aromatic N) is 1. The van der Waals surface area contributed by atoms with Crippen molar-refractivity contribution in [3.8, 4) is 23.0 Å². The van der Waals surface area contributed by atoms with Gasteiger partial charge in [-0.3, -0.25) is 9.10 Å². The Balaban J connectivity index is 1.77. The van der Waals surface area contributed by atoms with E-state index in [1.165, 1.54) is 30.7 Å². The van der Waals surface area contributed by atoms with Crippen LogP contribution in [-0.4, -0.2) is 34.8 Å². The molecule has 0 unspecified atom stereocenters. The topological polar surface area (TPSA) is 94.2 Å². The highest BCUT2D eigenvalue weighted by Crippen LogP contribution is 2.38. The van der Waals surface area contributed by atoms with Gasteiger partial charge in [-0.05, 0) is 35.9 Å². The molecular weight excluding hydrogens is 504 g/mol. The molecule has 1 amide bonds. The summed E-state index contributed by atoms with van der Waals surface area (Å²) in [5.74, 6) is 1.05. The van der Waals surface area contributed by atoms with E-state index in [1.807, 2.05) is 48.5 Å².